The highest BCUT2D eigenvalue weighted by Gasteiger charge is 2.21. The average molecular weight is 366 g/mol. The van der Waals surface area contributed by atoms with Gasteiger partial charge in [0.25, 0.3) is 5.91 Å². The molecule has 2 atom stereocenters. The minimum atomic E-state index is -1.37. The number of hydrogen-bond donors (Lipinski definition) is 2. The van der Waals surface area contributed by atoms with Gasteiger partial charge in [-0.25, -0.2) is 8.78 Å². The van der Waals surface area contributed by atoms with Crippen molar-refractivity contribution in [3.8, 4) is 0 Å². The molecule has 0 saturated heterocycles. The minimum Gasteiger partial charge on any atom is -0.368 e. The second-order valence-corrected chi connectivity index (χ2v) is 6.81. The van der Waals surface area contributed by atoms with Crippen molar-refractivity contribution in [3.63, 3.8) is 0 Å². The maximum atomic E-state index is 13.2. The van der Waals surface area contributed by atoms with E-state index in [1.54, 1.807) is 30.3 Å². The van der Waals surface area contributed by atoms with Crippen LogP contribution in [0.2, 0.25) is 0 Å². The molecule has 8 heteroatoms. The number of primary amides is 1. The number of benzene rings is 2. The molecule has 0 aliphatic carbocycles. The largest absolute Gasteiger partial charge is 0.368 e. The van der Waals surface area contributed by atoms with Crippen LogP contribution >= 0.6 is 0 Å². The Labute approximate surface area is 145 Å². The number of rotatable bonds is 7. The van der Waals surface area contributed by atoms with Crippen molar-refractivity contribution in [2.75, 3.05) is 5.75 Å². The number of nitrogens with two attached hydrogens (primary N) is 1. The fourth-order valence-corrected chi connectivity index (χ4v) is 3.27. The summed E-state index contributed by atoms with van der Waals surface area (Å²) in [7, 11) is -1.37. The highest BCUT2D eigenvalue weighted by Crippen LogP contribution is 2.10. The van der Waals surface area contributed by atoms with Gasteiger partial charge in [-0.3, -0.25) is 13.8 Å². The molecule has 25 heavy (non-hydrogen) atoms. The molecule has 0 spiro atoms. The molecule has 0 unspecified atom stereocenters. The van der Waals surface area contributed by atoms with E-state index in [1.165, 1.54) is 0 Å². The van der Waals surface area contributed by atoms with E-state index in [1.807, 2.05) is 0 Å². The van der Waals surface area contributed by atoms with Crippen LogP contribution in [0.15, 0.2) is 53.4 Å². The molecule has 2 aromatic rings. The van der Waals surface area contributed by atoms with Crippen LogP contribution in [0, 0.1) is 11.6 Å². The Morgan fingerprint density at radius 1 is 1.08 bits per heavy atom. The summed E-state index contributed by atoms with van der Waals surface area (Å²) in [5.74, 6) is -3.39. The van der Waals surface area contributed by atoms with Crippen LogP contribution in [0.4, 0.5) is 8.78 Å². The lowest BCUT2D eigenvalue weighted by molar-refractivity contribution is -0.119. The molecule has 5 nitrogen and oxygen atoms in total. The van der Waals surface area contributed by atoms with Gasteiger partial charge in [0.15, 0.2) is 0 Å². The standard InChI is InChI=1S/C17H16F2N2O3S/c18-12-8-11(9-13(19)10-12)17(23)21-15(16(20)22)6-7-25(24)14-4-2-1-3-5-14/h1-5,8-10,15H,6-7H2,(H2,20,22)(H,21,23)/t15-,25+/m0/s1. The van der Waals surface area contributed by atoms with Crippen LogP contribution in [-0.4, -0.2) is 27.8 Å². The van der Waals surface area contributed by atoms with Crippen molar-refractivity contribution >= 4 is 22.6 Å². The molecular weight excluding hydrogens is 350 g/mol. The van der Waals surface area contributed by atoms with Crippen LogP contribution in [-0.2, 0) is 15.6 Å². The third-order valence-corrected chi connectivity index (χ3v) is 4.78. The molecule has 2 rings (SSSR count). The van der Waals surface area contributed by atoms with E-state index in [2.05, 4.69) is 5.32 Å². The Morgan fingerprint density at radius 2 is 1.68 bits per heavy atom. The second-order valence-electron chi connectivity index (χ2n) is 5.24. The highest BCUT2D eigenvalue weighted by molar-refractivity contribution is 7.85. The van der Waals surface area contributed by atoms with Gasteiger partial charge in [-0.2, -0.15) is 0 Å². The molecule has 0 saturated carbocycles. The fraction of sp³-hybridized carbons (Fsp3) is 0.176. The number of carbonyl (C=O) groups is 2. The van der Waals surface area contributed by atoms with Gasteiger partial charge >= 0.3 is 0 Å². The van der Waals surface area contributed by atoms with E-state index < -0.39 is 40.3 Å². The van der Waals surface area contributed by atoms with Crippen molar-refractivity contribution in [1.82, 2.24) is 5.32 Å². The monoisotopic (exact) mass is 366 g/mol. The highest BCUT2D eigenvalue weighted by atomic mass is 32.2. The molecule has 0 heterocycles. The Morgan fingerprint density at radius 3 is 2.24 bits per heavy atom. The Bertz CT molecular complexity index is 779. The predicted molar refractivity (Wildman–Crippen MR) is 89.1 cm³/mol. The Hall–Kier alpha value is -2.61. The Balaban J connectivity index is 2.02. The normalized spacial score (nSPS) is 13.0. The van der Waals surface area contributed by atoms with Crippen molar-refractivity contribution < 1.29 is 22.6 Å². The van der Waals surface area contributed by atoms with E-state index in [9.17, 15) is 22.6 Å². The molecule has 0 aromatic heterocycles. The summed E-state index contributed by atoms with van der Waals surface area (Å²) in [6.45, 7) is 0. The van der Waals surface area contributed by atoms with Gasteiger partial charge in [0.2, 0.25) is 5.91 Å². The predicted octanol–water partition coefficient (Wildman–Crippen LogP) is 1.75. The molecule has 2 amide bonds. The van der Waals surface area contributed by atoms with Crippen molar-refractivity contribution in [3.05, 3.63) is 65.7 Å². The van der Waals surface area contributed by atoms with Crippen molar-refractivity contribution in [1.29, 1.82) is 0 Å². The maximum Gasteiger partial charge on any atom is 0.252 e. The van der Waals surface area contributed by atoms with Gasteiger partial charge in [0.05, 0.1) is 10.8 Å². The van der Waals surface area contributed by atoms with Crippen molar-refractivity contribution in [2.24, 2.45) is 5.73 Å². The zero-order chi connectivity index (χ0) is 18.4. The van der Waals surface area contributed by atoms with Gasteiger partial charge in [0.1, 0.15) is 17.7 Å². The summed E-state index contributed by atoms with van der Waals surface area (Å²) >= 11 is 0. The van der Waals surface area contributed by atoms with Gasteiger partial charge in [-0.05, 0) is 30.7 Å². The van der Waals surface area contributed by atoms with Crippen LogP contribution in [0.25, 0.3) is 0 Å². The molecule has 0 fully saturated rings. The molecule has 0 aliphatic heterocycles. The zero-order valence-corrected chi connectivity index (χ0v) is 13.9. The molecule has 0 bridgehead atoms. The maximum absolute atomic E-state index is 13.2. The summed E-state index contributed by atoms with van der Waals surface area (Å²) < 4.78 is 38.5. The fourth-order valence-electron chi connectivity index (χ4n) is 2.13. The molecule has 2 aromatic carbocycles. The number of carbonyl (C=O) groups excluding carboxylic acids is 2. The van der Waals surface area contributed by atoms with Gasteiger partial charge in [-0.15, -0.1) is 0 Å². The van der Waals surface area contributed by atoms with E-state index in [4.69, 9.17) is 5.73 Å². The van der Waals surface area contributed by atoms with E-state index in [0.717, 1.165) is 12.1 Å². The zero-order valence-electron chi connectivity index (χ0n) is 13.1. The van der Waals surface area contributed by atoms with E-state index >= 15 is 0 Å². The lowest BCUT2D eigenvalue weighted by Crippen LogP contribution is -2.45. The van der Waals surface area contributed by atoms with Gasteiger partial charge in [0, 0.05) is 22.3 Å². The average Bonchev–Trinajstić information content (AvgIpc) is 2.57. The third-order valence-electron chi connectivity index (χ3n) is 3.37. The minimum absolute atomic E-state index is 0.0282. The summed E-state index contributed by atoms with van der Waals surface area (Å²) in [6, 6.07) is 9.84. The molecule has 0 aliphatic rings. The smallest absolute Gasteiger partial charge is 0.252 e. The number of halogens is 2. The first-order valence-electron chi connectivity index (χ1n) is 7.36. The molecular formula is C17H16F2N2O3S. The van der Waals surface area contributed by atoms with Gasteiger partial charge < -0.3 is 11.1 Å². The third kappa shape index (κ3) is 5.46. The summed E-state index contributed by atoms with van der Waals surface area (Å²) in [5, 5.41) is 2.31. The lowest BCUT2D eigenvalue weighted by atomic mass is 10.1. The van der Waals surface area contributed by atoms with E-state index in [-0.39, 0.29) is 17.7 Å². The first-order chi connectivity index (χ1) is 11.9. The van der Waals surface area contributed by atoms with Gasteiger partial charge in [-0.1, -0.05) is 18.2 Å². The SMILES string of the molecule is NC(=O)[C@H](CC[S@@](=O)c1ccccc1)NC(=O)c1cc(F)cc(F)c1. The summed E-state index contributed by atoms with van der Waals surface area (Å²) in [5.41, 5.74) is 4.98. The van der Waals surface area contributed by atoms with Crippen LogP contribution in [0.3, 0.4) is 0 Å². The van der Waals surface area contributed by atoms with Crippen LogP contribution in [0.1, 0.15) is 16.8 Å². The van der Waals surface area contributed by atoms with Crippen molar-refractivity contribution in [2.45, 2.75) is 17.4 Å². The molecule has 132 valence electrons. The molecule has 3 N–H and O–H groups in total. The quantitative estimate of drug-likeness (QED) is 0.782. The molecule has 0 radical (unpaired) electrons. The number of nitrogens with one attached hydrogen (secondary N) is 1. The lowest BCUT2D eigenvalue weighted by Gasteiger charge is -2.15. The first kappa shape index (κ1) is 18.7. The Kier molecular flexibility index (Phi) is 6.35. The summed E-state index contributed by atoms with van der Waals surface area (Å²) in [4.78, 5) is 24.1. The number of amides is 2. The number of hydrogen-bond acceptors (Lipinski definition) is 3. The summed E-state index contributed by atoms with van der Waals surface area (Å²) in [6.07, 6.45) is 0.0282. The topological polar surface area (TPSA) is 89.3 Å². The van der Waals surface area contributed by atoms with Crippen LogP contribution in [0.5, 0.6) is 0 Å². The first-order valence-corrected chi connectivity index (χ1v) is 8.68. The second kappa shape index (κ2) is 8.48. The van der Waals surface area contributed by atoms with Crippen LogP contribution < -0.4 is 11.1 Å². The van der Waals surface area contributed by atoms with E-state index in [0.29, 0.717) is 11.0 Å².